The number of aromatic nitrogens is 4. The molecule has 4 aromatic rings. The van der Waals surface area contributed by atoms with Crippen molar-refractivity contribution in [1.29, 1.82) is 0 Å². The molecule has 0 saturated heterocycles. The fourth-order valence-electron chi connectivity index (χ4n) is 2.69. The molecule has 0 spiro atoms. The topological polar surface area (TPSA) is 52.3 Å². The maximum absolute atomic E-state index is 5.84. The zero-order valence-electron chi connectivity index (χ0n) is 14.1. The van der Waals surface area contributed by atoms with E-state index in [0.717, 1.165) is 28.5 Å². The van der Waals surface area contributed by atoms with Gasteiger partial charge in [-0.25, -0.2) is 4.98 Å². The Bertz CT molecular complexity index is 991. The molecule has 0 amide bonds. The summed E-state index contributed by atoms with van der Waals surface area (Å²) in [6, 6.07) is 17.7. The zero-order chi connectivity index (χ0) is 17.2. The molecular weight excluding hydrogens is 312 g/mol. The summed E-state index contributed by atoms with van der Waals surface area (Å²) in [5.74, 6) is 3.44. The molecule has 0 bridgehead atoms. The van der Waals surface area contributed by atoms with E-state index >= 15 is 0 Å². The highest BCUT2D eigenvalue weighted by atomic mass is 16.5. The molecule has 4 rings (SSSR count). The van der Waals surface area contributed by atoms with Crippen LogP contribution in [0.2, 0.25) is 0 Å². The molecule has 0 saturated carbocycles. The van der Waals surface area contributed by atoms with E-state index in [4.69, 9.17) is 4.74 Å². The number of fused-ring (bicyclic) bond motifs is 1. The molecule has 0 atom stereocenters. The van der Waals surface area contributed by atoms with Crippen LogP contribution >= 0.6 is 0 Å². The average Bonchev–Trinajstić information content (AvgIpc) is 3.07. The summed E-state index contributed by atoms with van der Waals surface area (Å²) in [5.41, 5.74) is 2.08. The number of hydrogen-bond acceptors (Lipinski definition) is 4. The van der Waals surface area contributed by atoms with Gasteiger partial charge in [0.2, 0.25) is 0 Å². The van der Waals surface area contributed by atoms with Crippen molar-refractivity contribution in [2.24, 2.45) is 0 Å². The van der Waals surface area contributed by atoms with Gasteiger partial charge in [-0.2, -0.15) is 0 Å². The van der Waals surface area contributed by atoms with Crippen molar-refractivity contribution in [3.63, 3.8) is 0 Å². The van der Waals surface area contributed by atoms with Gasteiger partial charge in [0.25, 0.3) is 5.78 Å². The number of nitrogens with zero attached hydrogens (tertiary/aromatic N) is 4. The minimum atomic E-state index is 0.286. The van der Waals surface area contributed by atoms with Crippen LogP contribution in [0, 0.1) is 0 Å². The molecule has 2 aromatic carbocycles. The predicted octanol–water partition coefficient (Wildman–Crippen LogP) is 4.71. The van der Waals surface area contributed by atoms with Crippen LogP contribution in [0.1, 0.15) is 25.6 Å². The fraction of sp³-hybridized carbons (Fsp3) is 0.150. The molecule has 0 aliphatic carbocycles. The summed E-state index contributed by atoms with van der Waals surface area (Å²) >= 11 is 0. The van der Waals surface area contributed by atoms with Crippen molar-refractivity contribution in [3.8, 4) is 22.6 Å². The second-order valence-corrected chi connectivity index (χ2v) is 6.17. The van der Waals surface area contributed by atoms with Crippen molar-refractivity contribution in [1.82, 2.24) is 19.6 Å². The van der Waals surface area contributed by atoms with E-state index in [9.17, 15) is 0 Å². The lowest BCUT2D eigenvalue weighted by Gasteiger charge is -2.08. The van der Waals surface area contributed by atoms with Crippen LogP contribution in [-0.2, 0) is 0 Å². The number of hydrogen-bond donors (Lipinski definition) is 0. The Morgan fingerprint density at radius 1 is 0.840 bits per heavy atom. The summed E-state index contributed by atoms with van der Waals surface area (Å²) in [4.78, 5) is 4.41. The van der Waals surface area contributed by atoms with Gasteiger partial charge in [-0.15, -0.1) is 10.2 Å². The number of rotatable bonds is 4. The Morgan fingerprint density at radius 3 is 2.28 bits per heavy atom. The lowest BCUT2D eigenvalue weighted by Crippen LogP contribution is -1.98. The largest absolute Gasteiger partial charge is 0.457 e. The van der Waals surface area contributed by atoms with Gasteiger partial charge in [0.05, 0.1) is 0 Å². The summed E-state index contributed by atoms with van der Waals surface area (Å²) in [6.07, 6.45) is 3.85. The lowest BCUT2D eigenvalue weighted by atomic mass is 10.1. The molecule has 0 N–H and O–H groups in total. The van der Waals surface area contributed by atoms with Crippen LogP contribution in [-0.4, -0.2) is 19.6 Å². The minimum absolute atomic E-state index is 0.286. The van der Waals surface area contributed by atoms with Gasteiger partial charge >= 0.3 is 0 Å². The van der Waals surface area contributed by atoms with Crippen molar-refractivity contribution in [2.45, 2.75) is 19.8 Å². The monoisotopic (exact) mass is 330 g/mol. The van der Waals surface area contributed by atoms with Gasteiger partial charge in [-0.1, -0.05) is 44.2 Å². The molecule has 0 radical (unpaired) electrons. The fourth-order valence-corrected chi connectivity index (χ4v) is 2.69. The SMILES string of the molecule is CC(C)c1nnc2ncc(-c3ccc(Oc4ccccc4)cc3)cn12. The summed E-state index contributed by atoms with van der Waals surface area (Å²) in [5, 5.41) is 8.34. The summed E-state index contributed by atoms with van der Waals surface area (Å²) < 4.78 is 7.79. The van der Waals surface area contributed by atoms with Crippen LogP contribution < -0.4 is 4.74 Å². The molecule has 25 heavy (non-hydrogen) atoms. The Hall–Kier alpha value is -3.21. The quantitative estimate of drug-likeness (QED) is 0.544. The molecule has 5 nitrogen and oxygen atoms in total. The smallest absolute Gasteiger partial charge is 0.254 e. The third-order valence-corrected chi connectivity index (χ3v) is 3.97. The minimum Gasteiger partial charge on any atom is -0.457 e. The van der Waals surface area contributed by atoms with E-state index < -0.39 is 0 Å². The highest BCUT2D eigenvalue weighted by Gasteiger charge is 2.11. The maximum atomic E-state index is 5.84. The van der Waals surface area contributed by atoms with E-state index in [1.165, 1.54) is 0 Å². The molecule has 124 valence electrons. The maximum Gasteiger partial charge on any atom is 0.254 e. The predicted molar refractivity (Wildman–Crippen MR) is 96.8 cm³/mol. The first-order chi connectivity index (χ1) is 12.2. The average molecular weight is 330 g/mol. The highest BCUT2D eigenvalue weighted by molar-refractivity contribution is 5.63. The van der Waals surface area contributed by atoms with Crippen LogP contribution in [0.25, 0.3) is 16.9 Å². The molecule has 5 heteroatoms. The van der Waals surface area contributed by atoms with Crippen molar-refractivity contribution in [3.05, 3.63) is 72.8 Å². The van der Waals surface area contributed by atoms with Gasteiger partial charge in [0, 0.05) is 23.9 Å². The molecule has 0 aliphatic heterocycles. The third-order valence-electron chi connectivity index (χ3n) is 3.97. The zero-order valence-corrected chi connectivity index (χ0v) is 14.1. The van der Waals surface area contributed by atoms with Crippen LogP contribution in [0.4, 0.5) is 0 Å². The Morgan fingerprint density at radius 2 is 1.56 bits per heavy atom. The first kappa shape index (κ1) is 15.3. The molecule has 2 heterocycles. The first-order valence-corrected chi connectivity index (χ1v) is 8.25. The summed E-state index contributed by atoms with van der Waals surface area (Å²) in [7, 11) is 0. The lowest BCUT2D eigenvalue weighted by molar-refractivity contribution is 0.483. The number of para-hydroxylation sites is 1. The Labute approximate surface area is 145 Å². The second-order valence-electron chi connectivity index (χ2n) is 6.17. The number of benzene rings is 2. The Kier molecular flexibility index (Phi) is 3.90. The van der Waals surface area contributed by atoms with Gasteiger partial charge in [0.1, 0.15) is 17.3 Å². The van der Waals surface area contributed by atoms with Crippen LogP contribution in [0.3, 0.4) is 0 Å². The van der Waals surface area contributed by atoms with Gasteiger partial charge in [0.15, 0.2) is 0 Å². The third kappa shape index (κ3) is 3.08. The molecular formula is C20H18N4O. The van der Waals surface area contributed by atoms with Crippen LogP contribution in [0.15, 0.2) is 67.0 Å². The second kappa shape index (κ2) is 6.36. The molecule has 0 fully saturated rings. The van der Waals surface area contributed by atoms with E-state index in [1.807, 2.05) is 71.4 Å². The van der Waals surface area contributed by atoms with E-state index in [1.54, 1.807) is 0 Å². The molecule has 0 aliphatic rings. The highest BCUT2D eigenvalue weighted by Crippen LogP contribution is 2.26. The van der Waals surface area contributed by atoms with Crippen molar-refractivity contribution < 1.29 is 4.74 Å². The molecule has 2 aromatic heterocycles. The summed E-state index contributed by atoms with van der Waals surface area (Å²) in [6.45, 7) is 4.19. The van der Waals surface area contributed by atoms with E-state index in [2.05, 4.69) is 29.0 Å². The van der Waals surface area contributed by atoms with Gasteiger partial charge < -0.3 is 4.74 Å². The number of ether oxygens (including phenoxy) is 1. The molecule has 0 unspecified atom stereocenters. The Balaban J connectivity index is 1.63. The van der Waals surface area contributed by atoms with Crippen LogP contribution in [0.5, 0.6) is 11.5 Å². The van der Waals surface area contributed by atoms with E-state index in [0.29, 0.717) is 5.78 Å². The van der Waals surface area contributed by atoms with Gasteiger partial charge in [-0.05, 0) is 29.8 Å². The van der Waals surface area contributed by atoms with Gasteiger partial charge in [-0.3, -0.25) is 4.40 Å². The van der Waals surface area contributed by atoms with E-state index in [-0.39, 0.29) is 5.92 Å². The normalized spacial score (nSPS) is 11.2. The standard InChI is InChI=1S/C20H18N4O/c1-14(2)19-22-23-20-21-12-16(13-24(19)20)15-8-10-18(11-9-15)25-17-6-4-3-5-7-17/h3-14H,1-2H3. The van der Waals surface area contributed by atoms with Crippen molar-refractivity contribution >= 4 is 5.78 Å². The van der Waals surface area contributed by atoms with Crippen molar-refractivity contribution in [2.75, 3.05) is 0 Å². The first-order valence-electron chi connectivity index (χ1n) is 8.25.